The smallest absolute Gasteiger partial charge is 0.254 e. The molecule has 1 saturated heterocycles. The third-order valence-corrected chi connectivity index (χ3v) is 6.15. The van der Waals surface area contributed by atoms with Gasteiger partial charge in [-0.25, -0.2) is 0 Å². The molecule has 31 heavy (non-hydrogen) atoms. The van der Waals surface area contributed by atoms with E-state index < -0.39 is 0 Å². The van der Waals surface area contributed by atoms with E-state index in [9.17, 15) is 9.59 Å². The van der Waals surface area contributed by atoms with Crippen LogP contribution in [0.3, 0.4) is 0 Å². The molecule has 3 aromatic rings. The van der Waals surface area contributed by atoms with Gasteiger partial charge in [0.1, 0.15) is 0 Å². The molecule has 2 heterocycles. The number of rotatable bonds is 5. The number of carbonyl (C=O) groups excluding carboxylic acids is 2. The van der Waals surface area contributed by atoms with Crippen molar-refractivity contribution in [3.63, 3.8) is 0 Å². The van der Waals surface area contributed by atoms with Gasteiger partial charge < -0.3 is 9.47 Å². The number of benzene rings is 2. The number of aryl methyl sites for hydroxylation is 2. The minimum absolute atomic E-state index is 0.0792. The lowest BCUT2D eigenvalue weighted by Crippen LogP contribution is -2.50. The summed E-state index contributed by atoms with van der Waals surface area (Å²) in [6, 6.07) is 19.8. The molecule has 2 aromatic carbocycles. The van der Waals surface area contributed by atoms with Crippen molar-refractivity contribution in [3.05, 3.63) is 88.7 Å². The summed E-state index contributed by atoms with van der Waals surface area (Å²) in [5.41, 5.74) is 5.64. The van der Waals surface area contributed by atoms with Crippen LogP contribution in [0, 0.1) is 20.8 Å². The molecule has 160 valence electrons. The molecule has 0 N–H and O–H groups in total. The first kappa shape index (κ1) is 21.1. The van der Waals surface area contributed by atoms with Gasteiger partial charge >= 0.3 is 0 Å². The van der Waals surface area contributed by atoms with Gasteiger partial charge in [0.15, 0.2) is 5.78 Å². The van der Waals surface area contributed by atoms with Crippen LogP contribution in [0.25, 0.3) is 5.69 Å². The first-order chi connectivity index (χ1) is 15.0. The van der Waals surface area contributed by atoms with E-state index in [1.807, 2.05) is 74.2 Å². The molecule has 1 fully saturated rings. The Bertz CT molecular complexity index is 1090. The summed E-state index contributed by atoms with van der Waals surface area (Å²) in [6.45, 7) is 9.09. The highest BCUT2D eigenvalue weighted by atomic mass is 16.2. The number of nitrogens with zero attached hydrogens (tertiary/aromatic N) is 3. The molecule has 1 amide bonds. The highest BCUT2D eigenvalue weighted by Gasteiger charge is 2.25. The zero-order chi connectivity index (χ0) is 22.0. The lowest BCUT2D eigenvalue weighted by Gasteiger charge is -2.34. The first-order valence-corrected chi connectivity index (χ1v) is 10.8. The molecule has 5 nitrogen and oxygen atoms in total. The van der Waals surface area contributed by atoms with Crippen LogP contribution in [0.4, 0.5) is 0 Å². The fourth-order valence-corrected chi connectivity index (χ4v) is 4.40. The lowest BCUT2D eigenvalue weighted by atomic mass is 10.1. The predicted molar refractivity (Wildman–Crippen MR) is 123 cm³/mol. The summed E-state index contributed by atoms with van der Waals surface area (Å²) in [5, 5.41) is 0. The number of hydrogen-bond acceptors (Lipinski definition) is 3. The van der Waals surface area contributed by atoms with Crippen molar-refractivity contribution in [1.29, 1.82) is 0 Å². The molecule has 0 atom stereocenters. The van der Waals surface area contributed by atoms with E-state index in [2.05, 4.69) is 21.6 Å². The topological polar surface area (TPSA) is 45.6 Å². The molecule has 0 saturated carbocycles. The minimum Gasteiger partial charge on any atom is -0.336 e. The molecule has 1 aliphatic rings. The summed E-state index contributed by atoms with van der Waals surface area (Å²) < 4.78 is 2.13. The number of hydrogen-bond donors (Lipinski definition) is 0. The van der Waals surface area contributed by atoms with Crippen LogP contribution >= 0.6 is 0 Å². The molecule has 1 aromatic heterocycles. The quantitative estimate of drug-likeness (QED) is 0.591. The fraction of sp³-hybridized carbons (Fsp3) is 0.308. The molecule has 0 unspecified atom stereocenters. The van der Waals surface area contributed by atoms with Gasteiger partial charge in [0, 0.05) is 54.4 Å². The molecule has 0 aliphatic carbocycles. The van der Waals surface area contributed by atoms with Gasteiger partial charge in [-0.3, -0.25) is 14.5 Å². The number of carbonyl (C=O) groups is 2. The van der Waals surface area contributed by atoms with Gasteiger partial charge in [-0.1, -0.05) is 36.4 Å². The Hall–Kier alpha value is -3.18. The van der Waals surface area contributed by atoms with Gasteiger partial charge in [0.2, 0.25) is 0 Å². The van der Waals surface area contributed by atoms with E-state index in [0.717, 1.165) is 33.8 Å². The Labute approximate surface area is 183 Å². The number of para-hydroxylation sites is 1. The minimum atomic E-state index is 0.0792. The van der Waals surface area contributed by atoms with Crippen LogP contribution in [0.15, 0.2) is 60.7 Å². The van der Waals surface area contributed by atoms with E-state index in [1.165, 1.54) is 0 Å². The second kappa shape index (κ2) is 8.90. The Morgan fingerprint density at radius 3 is 2.13 bits per heavy atom. The summed E-state index contributed by atoms with van der Waals surface area (Å²) >= 11 is 0. The second-order valence-electron chi connectivity index (χ2n) is 8.26. The van der Waals surface area contributed by atoms with E-state index in [1.54, 1.807) is 0 Å². The molecular weight excluding hydrogens is 386 g/mol. The number of Topliss-reactive ketones (excluding diaryl/α,β-unsaturated/α-hetero) is 1. The van der Waals surface area contributed by atoms with Crippen molar-refractivity contribution >= 4 is 11.7 Å². The van der Waals surface area contributed by atoms with Crippen molar-refractivity contribution in [2.75, 3.05) is 32.7 Å². The standard InChI is InChI=1S/C26H29N3O2/c1-19-9-7-8-12-23(19)26(31)28-15-13-27(14-16-28)18-25(30)24-17-20(2)29(21(24)3)22-10-5-4-6-11-22/h4-12,17H,13-16,18H2,1-3H3. The maximum atomic E-state index is 13.1. The second-order valence-corrected chi connectivity index (χ2v) is 8.26. The maximum Gasteiger partial charge on any atom is 0.254 e. The van der Waals surface area contributed by atoms with Crippen LogP contribution < -0.4 is 0 Å². The summed E-state index contributed by atoms with van der Waals surface area (Å²) in [6.07, 6.45) is 0. The van der Waals surface area contributed by atoms with Crippen molar-refractivity contribution < 1.29 is 9.59 Å². The highest BCUT2D eigenvalue weighted by molar-refractivity contribution is 5.99. The normalized spacial score (nSPS) is 14.6. The molecule has 0 spiro atoms. The van der Waals surface area contributed by atoms with Crippen molar-refractivity contribution in [2.45, 2.75) is 20.8 Å². The summed E-state index contributed by atoms with van der Waals surface area (Å²) in [4.78, 5) is 29.9. The van der Waals surface area contributed by atoms with Crippen LogP contribution in [-0.2, 0) is 0 Å². The van der Waals surface area contributed by atoms with E-state index in [0.29, 0.717) is 32.7 Å². The molecule has 5 heteroatoms. The molecule has 1 aliphatic heterocycles. The third kappa shape index (κ3) is 4.32. The van der Waals surface area contributed by atoms with Crippen molar-refractivity contribution in [3.8, 4) is 5.69 Å². The van der Waals surface area contributed by atoms with Gasteiger partial charge in [0.05, 0.1) is 6.54 Å². The highest BCUT2D eigenvalue weighted by Crippen LogP contribution is 2.22. The Morgan fingerprint density at radius 2 is 1.45 bits per heavy atom. The van der Waals surface area contributed by atoms with Crippen LogP contribution in [-0.4, -0.2) is 58.8 Å². The largest absolute Gasteiger partial charge is 0.336 e. The first-order valence-electron chi connectivity index (χ1n) is 10.8. The number of ketones is 1. The fourth-order valence-electron chi connectivity index (χ4n) is 4.40. The van der Waals surface area contributed by atoms with Gasteiger partial charge in [-0.2, -0.15) is 0 Å². The predicted octanol–water partition coefficient (Wildman–Crippen LogP) is 4.04. The monoisotopic (exact) mass is 415 g/mol. The molecule has 0 radical (unpaired) electrons. The van der Waals surface area contributed by atoms with Crippen molar-refractivity contribution in [2.24, 2.45) is 0 Å². The molecule has 0 bridgehead atoms. The third-order valence-electron chi connectivity index (χ3n) is 6.15. The van der Waals surface area contributed by atoms with Crippen LogP contribution in [0.5, 0.6) is 0 Å². The SMILES string of the molecule is Cc1ccccc1C(=O)N1CCN(CC(=O)c2cc(C)n(-c3ccccc3)c2C)CC1. The Kier molecular flexibility index (Phi) is 6.05. The zero-order valence-electron chi connectivity index (χ0n) is 18.5. The van der Waals surface area contributed by atoms with Gasteiger partial charge in [-0.05, 0) is 50.6 Å². The number of amides is 1. The molecular formula is C26H29N3O2. The average Bonchev–Trinajstić information content (AvgIpc) is 3.09. The van der Waals surface area contributed by atoms with E-state index in [-0.39, 0.29) is 11.7 Å². The summed E-state index contributed by atoms with van der Waals surface area (Å²) in [5.74, 6) is 0.212. The number of aromatic nitrogens is 1. The summed E-state index contributed by atoms with van der Waals surface area (Å²) in [7, 11) is 0. The average molecular weight is 416 g/mol. The van der Waals surface area contributed by atoms with Crippen LogP contribution in [0.1, 0.15) is 37.7 Å². The Balaban J connectivity index is 1.40. The van der Waals surface area contributed by atoms with E-state index >= 15 is 0 Å². The van der Waals surface area contributed by atoms with E-state index in [4.69, 9.17) is 0 Å². The maximum absolute atomic E-state index is 13.1. The van der Waals surface area contributed by atoms with Crippen molar-refractivity contribution in [1.82, 2.24) is 14.4 Å². The number of piperazine rings is 1. The molecule has 4 rings (SSSR count). The Morgan fingerprint density at radius 1 is 0.806 bits per heavy atom. The zero-order valence-corrected chi connectivity index (χ0v) is 18.5. The van der Waals surface area contributed by atoms with Gasteiger partial charge in [-0.15, -0.1) is 0 Å². The van der Waals surface area contributed by atoms with Crippen LogP contribution in [0.2, 0.25) is 0 Å². The lowest BCUT2D eigenvalue weighted by molar-refractivity contribution is 0.0623. The van der Waals surface area contributed by atoms with Gasteiger partial charge in [0.25, 0.3) is 5.91 Å².